The summed E-state index contributed by atoms with van der Waals surface area (Å²) >= 11 is 0. The maximum Gasteiger partial charge on any atom is 0.303 e. The van der Waals surface area contributed by atoms with Gasteiger partial charge in [0, 0.05) is 17.4 Å². The fourth-order valence-electron chi connectivity index (χ4n) is 3.07. The van der Waals surface area contributed by atoms with Gasteiger partial charge in [-0.3, -0.25) is 9.59 Å². The van der Waals surface area contributed by atoms with Gasteiger partial charge in [-0.1, -0.05) is 0 Å². The third-order valence-corrected chi connectivity index (χ3v) is 4.45. The standard InChI is InChI=1S/C21H20N2O5/c1-28-16-7-2-13(3-8-16)18-10-5-14(6-11-20(25)26)23(18)15-4-9-17(21(22)27)19(24)12-15/h2-5,7-10,12,24H,6,11H2,1H3,(H2,22,27)(H,25,26). The third kappa shape index (κ3) is 3.83. The molecule has 0 bridgehead atoms. The van der Waals surface area contributed by atoms with Crippen LogP contribution < -0.4 is 10.5 Å². The van der Waals surface area contributed by atoms with E-state index in [0.29, 0.717) is 12.1 Å². The molecule has 7 heteroatoms. The number of carbonyl (C=O) groups excluding carboxylic acids is 1. The van der Waals surface area contributed by atoms with E-state index < -0.39 is 11.9 Å². The molecule has 0 saturated carbocycles. The van der Waals surface area contributed by atoms with Crippen LogP contribution in [0.1, 0.15) is 22.5 Å². The van der Waals surface area contributed by atoms with Gasteiger partial charge < -0.3 is 25.3 Å². The largest absolute Gasteiger partial charge is 0.507 e. The molecule has 1 amide bonds. The zero-order chi connectivity index (χ0) is 20.3. The molecule has 0 radical (unpaired) electrons. The first-order valence-corrected chi connectivity index (χ1v) is 8.60. The Morgan fingerprint density at radius 2 is 1.79 bits per heavy atom. The van der Waals surface area contributed by atoms with E-state index in [9.17, 15) is 14.7 Å². The monoisotopic (exact) mass is 380 g/mol. The number of benzene rings is 2. The zero-order valence-corrected chi connectivity index (χ0v) is 15.3. The van der Waals surface area contributed by atoms with E-state index in [4.69, 9.17) is 15.6 Å². The summed E-state index contributed by atoms with van der Waals surface area (Å²) in [4.78, 5) is 22.4. The van der Waals surface area contributed by atoms with Gasteiger partial charge in [0.1, 0.15) is 11.5 Å². The van der Waals surface area contributed by atoms with E-state index in [1.165, 1.54) is 12.1 Å². The molecule has 144 valence electrons. The predicted octanol–water partition coefficient (Wildman–Crippen LogP) is 2.97. The minimum atomic E-state index is -0.898. The summed E-state index contributed by atoms with van der Waals surface area (Å²) in [6, 6.07) is 15.7. The average Bonchev–Trinajstić information content (AvgIpc) is 3.10. The molecule has 4 N–H and O–H groups in total. The van der Waals surface area contributed by atoms with Crippen molar-refractivity contribution in [2.45, 2.75) is 12.8 Å². The second kappa shape index (κ2) is 7.87. The molecule has 0 aliphatic carbocycles. The molecule has 2 aromatic carbocycles. The second-order valence-electron chi connectivity index (χ2n) is 6.23. The van der Waals surface area contributed by atoms with Gasteiger partial charge in [-0.2, -0.15) is 0 Å². The van der Waals surface area contributed by atoms with Crippen LogP contribution in [0.25, 0.3) is 16.9 Å². The molecule has 28 heavy (non-hydrogen) atoms. The second-order valence-corrected chi connectivity index (χ2v) is 6.23. The van der Waals surface area contributed by atoms with Crippen molar-refractivity contribution in [1.29, 1.82) is 0 Å². The first kappa shape index (κ1) is 19.0. The molecular weight excluding hydrogens is 360 g/mol. The van der Waals surface area contributed by atoms with Crippen molar-refractivity contribution in [3.63, 3.8) is 0 Å². The molecule has 1 aromatic heterocycles. The van der Waals surface area contributed by atoms with Gasteiger partial charge in [0.15, 0.2) is 0 Å². The number of carbonyl (C=O) groups is 2. The van der Waals surface area contributed by atoms with Crippen molar-refractivity contribution in [3.8, 4) is 28.4 Å². The molecule has 0 atom stereocenters. The van der Waals surface area contributed by atoms with E-state index >= 15 is 0 Å². The normalized spacial score (nSPS) is 10.6. The van der Waals surface area contributed by atoms with Crippen LogP contribution in [-0.4, -0.2) is 33.8 Å². The fraction of sp³-hybridized carbons (Fsp3) is 0.143. The summed E-state index contributed by atoms with van der Waals surface area (Å²) in [5.74, 6) is -1.14. The van der Waals surface area contributed by atoms with Gasteiger partial charge in [0.25, 0.3) is 5.91 Å². The van der Waals surface area contributed by atoms with E-state index in [2.05, 4.69) is 0 Å². The summed E-state index contributed by atoms with van der Waals surface area (Å²) in [6.45, 7) is 0. The number of carboxylic acid groups (broad SMARTS) is 1. The number of nitrogens with zero attached hydrogens (tertiary/aromatic N) is 1. The summed E-state index contributed by atoms with van der Waals surface area (Å²) < 4.78 is 7.05. The number of nitrogens with two attached hydrogens (primary N) is 1. The summed E-state index contributed by atoms with van der Waals surface area (Å²) in [5, 5.41) is 19.2. The highest BCUT2D eigenvalue weighted by atomic mass is 16.5. The Bertz CT molecular complexity index is 1020. The molecule has 0 aliphatic rings. The number of aromatic hydroxyl groups is 1. The number of aryl methyl sites for hydroxylation is 1. The highest BCUT2D eigenvalue weighted by Crippen LogP contribution is 2.31. The lowest BCUT2D eigenvalue weighted by Gasteiger charge is -2.15. The van der Waals surface area contributed by atoms with E-state index in [0.717, 1.165) is 22.7 Å². The smallest absolute Gasteiger partial charge is 0.303 e. The molecule has 1 heterocycles. The number of phenols is 1. The number of methoxy groups -OCH3 is 1. The van der Waals surface area contributed by atoms with Crippen molar-refractivity contribution < 1.29 is 24.5 Å². The SMILES string of the molecule is COc1ccc(-c2ccc(CCC(=O)O)n2-c2ccc(C(N)=O)c(O)c2)cc1. The Morgan fingerprint density at radius 3 is 2.36 bits per heavy atom. The first-order valence-electron chi connectivity index (χ1n) is 8.60. The Balaban J connectivity index is 2.12. The van der Waals surface area contributed by atoms with Gasteiger partial charge in [-0.15, -0.1) is 0 Å². The van der Waals surface area contributed by atoms with Crippen LogP contribution >= 0.6 is 0 Å². The minimum Gasteiger partial charge on any atom is -0.507 e. The Morgan fingerprint density at radius 1 is 1.07 bits per heavy atom. The molecule has 0 fully saturated rings. The predicted molar refractivity (Wildman–Crippen MR) is 104 cm³/mol. The molecule has 0 aliphatic heterocycles. The van der Waals surface area contributed by atoms with Crippen molar-refractivity contribution >= 4 is 11.9 Å². The maximum atomic E-state index is 11.4. The lowest BCUT2D eigenvalue weighted by atomic mass is 10.1. The van der Waals surface area contributed by atoms with Crippen molar-refractivity contribution in [1.82, 2.24) is 4.57 Å². The zero-order valence-electron chi connectivity index (χ0n) is 15.3. The fourth-order valence-corrected chi connectivity index (χ4v) is 3.07. The number of aromatic nitrogens is 1. The van der Waals surface area contributed by atoms with Crippen LogP contribution in [0.5, 0.6) is 11.5 Å². The Labute approximate surface area is 161 Å². The number of primary amides is 1. The Kier molecular flexibility index (Phi) is 5.35. The topological polar surface area (TPSA) is 115 Å². The number of carboxylic acids is 1. The number of ether oxygens (including phenoxy) is 1. The number of amides is 1. The van der Waals surface area contributed by atoms with Crippen LogP contribution in [0.2, 0.25) is 0 Å². The molecule has 3 rings (SSSR count). The molecule has 3 aromatic rings. The van der Waals surface area contributed by atoms with E-state index in [1.54, 1.807) is 13.2 Å². The van der Waals surface area contributed by atoms with Gasteiger partial charge >= 0.3 is 5.97 Å². The van der Waals surface area contributed by atoms with Gasteiger partial charge in [0.2, 0.25) is 0 Å². The van der Waals surface area contributed by atoms with E-state index in [-0.39, 0.29) is 17.7 Å². The first-order chi connectivity index (χ1) is 13.4. The average molecular weight is 380 g/mol. The molecule has 0 spiro atoms. The van der Waals surface area contributed by atoms with Gasteiger partial charge in [0.05, 0.1) is 24.8 Å². The van der Waals surface area contributed by atoms with Crippen LogP contribution in [-0.2, 0) is 11.2 Å². The number of hydrogen-bond donors (Lipinski definition) is 3. The van der Waals surface area contributed by atoms with Crippen molar-refractivity contribution in [2.24, 2.45) is 5.73 Å². The third-order valence-electron chi connectivity index (χ3n) is 4.45. The summed E-state index contributed by atoms with van der Waals surface area (Å²) in [6.07, 6.45) is 0.279. The maximum absolute atomic E-state index is 11.4. The molecule has 0 unspecified atom stereocenters. The van der Waals surface area contributed by atoms with Crippen molar-refractivity contribution in [2.75, 3.05) is 7.11 Å². The molecule has 0 saturated heterocycles. The van der Waals surface area contributed by atoms with Crippen LogP contribution in [0.15, 0.2) is 54.6 Å². The number of rotatable bonds is 7. The molecule has 7 nitrogen and oxygen atoms in total. The van der Waals surface area contributed by atoms with Crippen LogP contribution in [0.4, 0.5) is 0 Å². The van der Waals surface area contributed by atoms with E-state index in [1.807, 2.05) is 41.0 Å². The van der Waals surface area contributed by atoms with Gasteiger partial charge in [-0.05, 0) is 60.5 Å². The number of hydrogen-bond acceptors (Lipinski definition) is 4. The highest BCUT2D eigenvalue weighted by molar-refractivity contribution is 5.95. The quantitative estimate of drug-likeness (QED) is 0.583. The van der Waals surface area contributed by atoms with Crippen LogP contribution in [0, 0.1) is 0 Å². The van der Waals surface area contributed by atoms with Gasteiger partial charge in [-0.25, -0.2) is 0 Å². The summed E-state index contributed by atoms with van der Waals surface area (Å²) in [5.41, 5.74) is 8.35. The highest BCUT2D eigenvalue weighted by Gasteiger charge is 2.16. The Hall–Kier alpha value is -3.74. The number of aliphatic carboxylic acids is 1. The lowest BCUT2D eigenvalue weighted by Crippen LogP contribution is -2.11. The van der Waals surface area contributed by atoms with Crippen molar-refractivity contribution in [3.05, 3.63) is 65.9 Å². The lowest BCUT2D eigenvalue weighted by molar-refractivity contribution is -0.136. The summed E-state index contributed by atoms with van der Waals surface area (Å²) in [7, 11) is 1.59. The van der Waals surface area contributed by atoms with Crippen LogP contribution in [0.3, 0.4) is 0 Å². The minimum absolute atomic E-state index is 0.0222. The molecular formula is C21H20N2O5.